The Morgan fingerprint density at radius 3 is 2.14 bits per heavy atom. The average Bonchev–Trinajstić information content (AvgIpc) is 2.36. The fourth-order valence-corrected chi connectivity index (χ4v) is 1.61. The van der Waals surface area contributed by atoms with Gasteiger partial charge in [-0.2, -0.15) is 13.2 Å². The Hall–Kier alpha value is -2.25. The Kier molecular flexibility index (Phi) is 3.80. The highest BCUT2D eigenvalue weighted by atomic mass is 19.4. The second-order valence-corrected chi connectivity index (χ2v) is 3.98. The Bertz CT molecular complexity index is 635. The third-order valence-corrected chi connectivity index (χ3v) is 2.40. The van der Waals surface area contributed by atoms with Crippen molar-refractivity contribution in [1.29, 1.82) is 0 Å². The maximum absolute atomic E-state index is 12.5. The van der Waals surface area contributed by atoms with Crippen LogP contribution in [0, 0.1) is 0 Å². The Balaban J connectivity index is 2.37. The maximum atomic E-state index is 12.5. The maximum Gasteiger partial charge on any atom is 0.573 e. The molecule has 0 fully saturated rings. The molecule has 21 heavy (non-hydrogen) atoms. The number of nitrogens with zero attached hydrogens (tertiary/aromatic N) is 1. The molecule has 0 N–H and O–H groups in total. The van der Waals surface area contributed by atoms with Crippen LogP contribution < -0.4 is 4.74 Å². The molecule has 112 valence electrons. The summed E-state index contributed by atoms with van der Waals surface area (Å²) in [5.74, 6) is -0.529. The number of hydrogen-bond donors (Lipinski definition) is 0. The summed E-state index contributed by atoms with van der Waals surface area (Å²) in [7, 11) is 0. The number of aromatic nitrogens is 1. The molecule has 0 atom stereocenters. The average molecular weight is 307 g/mol. The van der Waals surface area contributed by atoms with Crippen molar-refractivity contribution in [3.63, 3.8) is 0 Å². The third-order valence-electron chi connectivity index (χ3n) is 2.40. The third kappa shape index (κ3) is 4.11. The van der Waals surface area contributed by atoms with Gasteiger partial charge in [0.1, 0.15) is 11.4 Å². The predicted molar refractivity (Wildman–Crippen MR) is 61.4 cm³/mol. The monoisotopic (exact) mass is 307 g/mol. The van der Waals surface area contributed by atoms with Gasteiger partial charge in [-0.25, -0.2) is 4.98 Å². The van der Waals surface area contributed by atoms with Gasteiger partial charge in [0.15, 0.2) is 0 Å². The summed E-state index contributed by atoms with van der Waals surface area (Å²) in [5.41, 5.74) is -1.14. The van der Waals surface area contributed by atoms with E-state index in [2.05, 4.69) is 9.72 Å². The number of alkyl halides is 6. The first kappa shape index (κ1) is 15.1. The van der Waals surface area contributed by atoms with Crippen LogP contribution in [0.15, 0.2) is 42.5 Å². The van der Waals surface area contributed by atoms with E-state index in [0.717, 1.165) is 24.3 Å². The van der Waals surface area contributed by atoms with Gasteiger partial charge >= 0.3 is 12.5 Å². The van der Waals surface area contributed by atoms with Crippen molar-refractivity contribution in [2.45, 2.75) is 12.5 Å². The van der Waals surface area contributed by atoms with Gasteiger partial charge in [0.2, 0.25) is 0 Å². The Labute approximate surface area is 115 Å². The molecular weight excluding hydrogens is 300 g/mol. The lowest BCUT2D eigenvalue weighted by Crippen LogP contribution is -2.17. The Morgan fingerprint density at radius 1 is 0.857 bits per heavy atom. The highest BCUT2D eigenvalue weighted by molar-refractivity contribution is 5.61. The molecule has 0 aliphatic carbocycles. The van der Waals surface area contributed by atoms with Crippen LogP contribution >= 0.6 is 0 Å². The van der Waals surface area contributed by atoms with Crippen molar-refractivity contribution in [3.05, 3.63) is 48.2 Å². The Morgan fingerprint density at radius 2 is 1.52 bits per heavy atom. The van der Waals surface area contributed by atoms with E-state index in [1.807, 2.05) is 0 Å². The van der Waals surface area contributed by atoms with Crippen molar-refractivity contribution in [2.75, 3.05) is 0 Å². The molecule has 2 nitrogen and oxygen atoms in total. The number of halogens is 6. The summed E-state index contributed by atoms with van der Waals surface area (Å²) in [4.78, 5) is 3.39. The molecule has 1 aromatic heterocycles. The molecule has 2 rings (SSSR count). The molecule has 2 aromatic rings. The summed E-state index contributed by atoms with van der Waals surface area (Å²) in [6.07, 6.45) is -9.50. The SMILES string of the molecule is FC(F)(F)Oc1cccc(-c2cccc(C(F)(F)F)n2)c1. The summed E-state index contributed by atoms with van der Waals surface area (Å²) < 4.78 is 77.7. The normalized spacial score (nSPS) is 12.3. The van der Waals surface area contributed by atoms with E-state index in [-0.39, 0.29) is 11.3 Å². The van der Waals surface area contributed by atoms with E-state index in [9.17, 15) is 26.3 Å². The molecule has 0 aliphatic rings. The van der Waals surface area contributed by atoms with Crippen LogP contribution in [0.3, 0.4) is 0 Å². The molecule has 0 bridgehead atoms. The van der Waals surface area contributed by atoms with E-state index < -0.39 is 24.0 Å². The molecule has 1 aromatic carbocycles. The van der Waals surface area contributed by atoms with Crippen molar-refractivity contribution >= 4 is 0 Å². The lowest BCUT2D eigenvalue weighted by molar-refractivity contribution is -0.274. The lowest BCUT2D eigenvalue weighted by Gasteiger charge is -2.11. The van der Waals surface area contributed by atoms with Gasteiger partial charge in [-0.1, -0.05) is 18.2 Å². The molecule has 0 saturated heterocycles. The van der Waals surface area contributed by atoms with Gasteiger partial charge in [-0.05, 0) is 24.3 Å². The molecule has 0 radical (unpaired) electrons. The smallest absolute Gasteiger partial charge is 0.406 e. The van der Waals surface area contributed by atoms with Gasteiger partial charge in [0, 0.05) is 5.56 Å². The summed E-state index contributed by atoms with van der Waals surface area (Å²) >= 11 is 0. The van der Waals surface area contributed by atoms with Gasteiger partial charge in [-0.15, -0.1) is 13.2 Å². The zero-order chi connectivity index (χ0) is 15.7. The molecule has 0 aliphatic heterocycles. The number of benzene rings is 1. The molecule has 1 heterocycles. The van der Waals surface area contributed by atoms with Crippen molar-refractivity contribution < 1.29 is 31.1 Å². The molecule has 0 unspecified atom stereocenters. The summed E-state index contributed by atoms with van der Waals surface area (Å²) in [5, 5.41) is 0. The van der Waals surface area contributed by atoms with Crippen LogP contribution in [0.5, 0.6) is 5.75 Å². The summed E-state index contributed by atoms with van der Waals surface area (Å²) in [6, 6.07) is 7.76. The van der Waals surface area contributed by atoms with E-state index >= 15 is 0 Å². The number of pyridine rings is 1. The minimum atomic E-state index is -4.88. The van der Waals surface area contributed by atoms with Crippen LogP contribution in [0.2, 0.25) is 0 Å². The van der Waals surface area contributed by atoms with Gasteiger partial charge in [0.25, 0.3) is 0 Å². The first-order chi connectivity index (χ1) is 9.65. The first-order valence-electron chi connectivity index (χ1n) is 5.55. The van der Waals surface area contributed by atoms with E-state index in [0.29, 0.717) is 0 Å². The topological polar surface area (TPSA) is 22.1 Å². The van der Waals surface area contributed by atoms with Crippen LogP contribution in [0.1, 0.15) is 5.69 Å². The summed E-state index contributed by atoms with van der Waals surface area (Å²) in [6.45, 7) is 0. The van der Waals surface area contributed by atoms with E-state index in [4.69, 9.17) is 0 Å². The molecule has 8 heteroatoms. The minimum absolute atomic E-state index is 0.0860. The van der Waals surface area contributed by atoms with Crippen molar-refractivity contribution in [2.24, 2.45) is 0 Å². The number of hydrogen-bond acceptors (Lipinski definition) is 2. The molecule has 0 saturated carbocycles. The second-order valence-electron chi connectivity index (χ2n) is 3.98. The zero-order valence-corrected chi connectivity index (χ0v) is 10.2. The number of ether oxygens (including phenoxy) is 1. The second kappa shape index (κ2) is 5.27. The predicted octanol–water partition coefficient (Wildman–Crippen LogP) is 4.67. The van der Waals surface area contributed by atoms with Crippen molar-refractivity contribution in [1.82, 2.24) is 4.98 Å². The van der Waals surface area contributed by atoms with Gasteiger partial charge in [0.05, 0.1) is 5.69 Å². The highest BCUT2D eigenvalue weighted by Gasteiger charge is 2.33. The van der Waals surface area contributed by atoms with Gasteiger partial charge in [-0.3, -0.25) is 0 Å². The van der Waals surface area contributed by atoms with E-state index in [1.54, 1.807) is 0 Å². The van der Waals surface area contributed by atoms with Crippen LogP contribution in [-0.4, -0.2) is 11.3 Å². The molecular formula is C13H7F6NO. The molecule has 0 spiro atoms. The largest absolute Gasteiger partial charge is 0.573 e. The number of rotatable bonds is 2. The molecule has 0 amide bonds. The van der Waals surface area contributed by atoms with Crippen molar-refractivity contribution in [3.8, 4) is 17.0 Å². The minimum Gasteiger partial charge on any atom is -0.406 e. The fourth-order valence-electron chi connectivity index (χ4n) is 1.61. The quantitative estimate of drug-likeness (QED) is 0.752. The fraction of sp³-hybridized carbons (Fsp3) is 0.154. The van der Waals surface area contributed by atoms with Gasteiger partial charge < -0.3 is 4.74 Å². The zero-order valence-electron chi connectivity index (χ0n) is 10.2. The van der Waals surface area contributed by atoms with Crippen LogP contribution in [-0.2, 0) is 6.18 Å². The highest BCUT2D eigenvalue weighted by Crippen LogP contribution is 2.31. The lowest BCUT2D eigenvalue weighted by atomic mass is 10.1. The standard InChI is InChI=1S/C13H7F6NO/c14-12(15,16)11-6-2-5-10(20-11)8-3-1-4-9(7-8)21-13(17,18)19/h1-7H. The van der Waals surface area contributed by atoms with Crippen LogP contribution in [0.4, 0.5) is 26.3 Å². The first-order valence-corrected chi connectivity index (χ1v) is 5.55. The van der Waals surface area contributed by atoms with Crippen LogP contribution in [0.25, 0.3) is 11.3 Å². The van der Waals surface area contributed by atoms with E-state index in [1.165, 1.54) is 18.2 Å².